The lowest BCUT2D eigenvalue weighted by Gasteiger charge is -2.32. The van der Waals surface area contributed by atoms with Crippen molar-refractivity contribution in [3.63, 3.8) is 0 Å². The molecular formula is C15H21NO3. The number of benzene rings is 1. The van der Waals surface area contributed by atoms with E-state index >= 15 is 0 Å². The molecule has 4 nitrogen and oxygen atoms in total. The van der Waals surface area contributed by atoms with E-state index < -0.39 is 5.60 Å². The summed E-state index contributed by atoms with van der Waals surface area (Å²) in [7, 11) is 0. The summed E-state index contributed by atoms with van der Waals surface area (Å²) in [5.41, 5.74) is 1.72. The summed E-state index contributed by atoms with van der Waals surface area (Å²) in [6.07, 6.45) is 0.974. The Bertz CT molecular complexity index is 465. The topological polar surface area (TPSA) is 49.8 Å². The number of hydroxylamine groups is 2. The van der Waals surface area contributed by atoms with Gasteiger partial charge < -0.3 is 9.94 Å². The molecule has 0 fully saturated rings. The van der Waals surface area contributed by atoms with Crippen LogP contribution in [0, 0.1) is 0 Å². The highest BCUT2D eigenvalue weighted by atomic mass is 16.6. The molecule has 1 aromatic carbocycles. The molecule has 0 bridgehead atoms. The average Bonchev–Trinajstić information content (AvgIpc) is 2.31. The Morgan fingerprint density at radius 1 is 1.42 bits per heavy atom. The lowest BCUT2D eigenvalue weighted by molar-refractivity contribution is -0.168. The largest absolute Gasteiger partial charge is 0.460 e. The number of rotatable bonds is 2. The van der Waals surface area contributed by atoms with Crippen LogP contribution in [0.5, 0.6) is 0 Å². The number of esters is 1. The predicted octanol–water partition coefficient (Wildman–Crippen LogP) is 2.71. The minimum Gasteiger partial charge on any atom is -0.460 e. The molecule has 0 radical (unpaired) electrons. The van der Waals surface area contributed by atoms with Gasteiger partial charge in [0.15, 0.2) is 0 Å². The van der Waals surface area contributed by atoms with E-state index in [1.54, 1.807) is 0 Å². The summed E-state index contributed by atoms with van der Waals surface area (Å²) < 4.78 is 5.33. The summed E-state index contributed by atoms with van der Waals surface area (Å²) in [4.78, 5) is 11.9. The van der Waals surface area contributed by atoms with Crippen LogP contribution in [0.1, 0.15) is 44.4 Å². The van der Waals surface area contributed by atoms with E-state index in [4.69, 9.17) is 4.74 Å². The van der Waals surface area contributed by atoms with Crippen LogP contribution in [0.3, 0.4) is 0 Å². The lowest BCUT2D eigenvalue weighted by atomic mass is 9.92. The third-order valence-electron chi connectivity index (χ3n) is 3.16. The van der Waals surface area contributed by atoms with E-state index in [2.05, 4.69) is 0 Å². The van der Waals surface area contributed by atoms with Crippen molar-refractivity contribution in [3.05, 3.63) is 35.4 Å². The van der Waals surface area contributed by atoms with Crippen LogP contribution < -0.4 is 0 Å². The average molecular weight is 263 g/mol. The Balaban J connectivity index is 2.13. The second-order valence-corrected chi connectivity index (χ2v) is 5.92. The van der Waals surface area contributed by atoms with Crippen molar-refractivity contribution in [2.75, 3.05) is 6.54 Å². The van der Waals surface area contributed by atoms with E-state index in [-0.39, 0.29) is 18.4 Å². The molecule has 2 rings (SSSR count). The third-order valence-corrected chi connectivity index (χ3v) is 3.16. The summed E-state index contributed by atoms with van der Waals surface area (Å²) in [6, 6.07) is 7.62. The van der Waals surface area contributed by atoms with E-state index in [1.165, 1.54) is 10.6 Å². The van der Waals surface area contributed by atoms with Gasteiger partial charge in [-0.2, -0.15) is 5.06 Å². The van der Waals surface area contributed by atoms with Crippen molar-refractivity contribution in [1.29, 1.82) is 0 Å². The molecule has 1 atom stereocenters. The van der Waals surface area contributed by atoms with Gasteiger partial charge in [0.2, 0.25) is 0 Å². The fraction of sp³-hybridized carbons (Fsp3) is 0.533. The smallest absolute Gasteiger partial charge is 0.308 e. The lowest BCUT2D eigenvalue weighted by Crippen LogP contribution is -2.35. The number of ether oxygens (including phenoxy) is 1. The fourth-order valence-electron chi connectivity index (χ4n) is 2.39. The molecule has 0 spiro atoms. The normalized spacial score (nSPS) is 19.9. The van der Waals surface area contributed by atoms with Crippen LogP contribution in [0.2, 0.25) is 0 Å². The van der Waals surface area contributed by atoms with Crippen molar-refractivity contribution in [2.45, 2.75) is 45.3 Å². The maximum atomic E-state index is 11.9. The van der Waals surface area contributed by atoms with Crippen LogP contribution in [-0.2, 0) is 16.0 Å². The second-order valence-electron chi connectivity index (χ2n) is 5.92. The molecule has 0 unspecified atom stereocenters. The van der Waals surface area contributed by atoms with E-state index in [1.807, 2.05) is 45.0 Å². The van der Waals surface area contributed by atoms with Gasteiger partial charge in [-0.15, -0.1) is 0 Å². The minimum atomic E-state index is -0.494. The first-order chi connectivity index (χ1) is 8.87. The quantitative estimate of drug-likeness (QED) is 0.833. The standard InChI is InChI=1S/C15H21NO3/c1-15(2,3)19-14(17)10-13-12-7-5-4-6-11(12)8-9-16(13)18/h4-7,13,18H,8-10H2,1-3H3/t13-/m0/s1. The van der Waals surface area contributed by atoms with Gasteiger partial charge in [0.1, 0.15) is 5.60 Å². The third kappa shape index (κ3) is 3.55. The molecule has 19 heavy (non-hydrogen) atoms. The molecule has 1 aromatic rings. The van der Waals surface area contributed by atoms with Gasteiger partial charge in [-0.1, -0.05) is 24.3 Å². The molecule has 0 aliphatic carbocycles. The molecule has 0 amide bonds. The zero-order chi connectivity index (χ0) is 14.0. The van der Waals surface area contributed by atoms with Gasteiger partial charge in [0.05, 0.1) is 12.5 Å². The van der Waals surface area contributed by atoms with Crippen LogP contribution >= 0.6 is 0 Å². The number of carbonyl (C=O) groups excluding carboxylic acids is 1. The first kappa shape index (κ1) is 14.0. The molecule has 1 aliphatic rings. The molecule has 1 N–H and O–H groups in total. The van der Waals surface area contributed by atoms with Crippen LogP contribution in [-0.4, -0.2) is 28.4 Å². The van der Waals surface area contributed by atoms with Gasteiger partial charge in [-0.25, -0.2) is 0 Å². The SMILES string of the molecule is CC(C)(C)OC(=O)C[C@H]1c2ccccc2CCN1O. The number of hydrogen-bond donors (Lipinski definition) is 1. The second kappa shape index (κ2) is 5.31. The van der Waals surface area contributed by atoms with Gasteiger partial charge in [-0.05, 0) is 38.3 Å². The van der Waals surface area contributed by atoms with E-state index in [0.717, 1.165) is 12.0 Å². The number of nitrogens with zero attached hydrogens (tertiary/aromatic N) is 1. The maximum Gasteiger partial charge on any atom is 0.308 e. The van der Waals surface area contributed by atoms with Gasteiger partial charge in [0, 0.05) is 6.54 Å². The van der Waals surface area contributed by atoms with Crippen LogP contribution in [0.4, 0.5) is 0 Å². The zero-order valence-electron chi connectivity index (χ0n) is 11.7. The van der Waals surface area contributed by atoms with Crippen molar-refractivity contribution < 1.29 is 14.7 Å². The van der Waals surface area contributed by atoms with Gasteiger partial charge >= 0.3 is 5.97 Å². The highest BCUT2D eigenvalue weighted by Gasteiger charge is 2.29. The van der Waals surface area contributed by atoms with Gasteiger partial charge in [0.25, 0.3) is 0 Å². The minimum absolute atomic E-state index is 0.171. The molecule has 1 aliphatic heterocycles. The van der Waals surface area contributed by atoms with Crippen LogP contribution in [0.25, 0.3) is 0 Å². The first-order valence-electron chi connectivity index (χ1n) is 6.62. The Labute approximate surface area is 113 Å². The molecule has 0 aromatic heterocycles. The molecule has 4 heteroatoms. The fourth-order valence-corrected chi connectivity index (χ4v) is 2.39. The molecule has 104 valence electrons. The Hall–Kier alpha value is -1.39. The predicted molar refractivity (Wildman–Crippen MR) is 71.8 cm³/mol. The van der Waals surface area contributed by atoms with Crippen molar-refractivity contribution in [3.8, 4) is 0 Å². The Kier molecular flexibility index (Phi) is 3.92. The molecule has 1 heterocycles. The van der Waals surface area contributed by atoms with Crippen molar-refractivity contribution >= 4 is 5.97 Å². The first-order valence-corrected chi connectivity index (χ1v) is 6.62. The highest BCUT2D eigenvalue weighted by Crippen LogP contribution is 2.31. The summed E-state index contributed by atoms with van der Waals surface area (Å²) in [6.45, 7) is 6.08. The molecule has 0 saturated heterocycles. The molecular weight excluding hydrogens is 242 g/mol. The highest BCUT2D eigenvalue weighted by molar-refractivity contribution is 5.71. The Morgan fingerprint density at radius 2 is 2.11 bits per heavy atom. The maximum absolute atomic E-state index is 11.9. The monoisotopic (exact) mass is 263 g/mol. The number of carbonyl (C=O) groups is 1. The van der Waals surface area contributed by atoms with Crippen LogP contribution in [0.15, 0.2) is 24.3 Å². The zero-order valence-corrected chi connectivity index (χ0v) is 11.7. The number of fused-ring (bicyclic) bond motifs is 1. The Morgan fingerprint density at radius 3 is 2.79 bits per heavy atom. The van der Waals surface area contributed by atoms with Gasteiger partial charge in [-0.3, -0.25) is 4.79 Å². The summed E-state index contributed by atoms with van der Waals surface area (Å²) >= 11 is 0. The van der Waals surface area contributed by atoms with E-state index in [9.17, 15) is 10.0 Å². The summed E-state index contributed by atoms with van der Waals surface area (Å²) in [5.74, 6) is -0.284. The van der Waals surface area contributed by atoms with E-state index in [0.29, 0.717) is 6.54 Å². The summed E-state index contributed by atoms with van der Waals surface area (Å²) in [5, 5.41) is 11.2. The van der Waals surface area contributed by atoms with Crippen molar-refractivity contribution in [2.24, 2.45) is 0 Å². The number of hydrogen-bond acceptors (Lipinski definition) is 4. The van der Waals surface area contributed by atoms with Crippen molar-refractivity contribution in [1.82, 2.24) is 5.06 Å². The molecule has 0 saturated carbocycles.